The van der Waals surface area contributed by atoms with Crippen molar-refractivity contribution >= 4 is 23.7 Å². The van der Waals surface area contributed by atoms with Gasteiger partial charge >= 0.3 is 0 Å². The van der Waals surface area contributed by atoms with Crippen LogP contribution in [0.5, 0.6) is 0 Å². The van der Waals surface area contributed by atoms with Gasteiger partial charge < -0.3 is 5.32 Å². The lowest BCUT2D eigenvalue weighted by atomic mass is 10.1. The van der Waals surface area contributed by atoms with E-state index in [1.54, 1.807) is 24.7 Å². The Morgan fingerprint density at radius 1 is 1.43 bits per heavy atom. The third kappa shape index (κ3) is 5.21. The van der Waals surface area contributed by atoms with Gasteiger partial charge in [0.05, 0.1) is 0 Å². The number of amides is 1. The number of rotatable bonds is 7. The topological polar surface area (TPSA) is 59.8 Å². The van der Waals surface area contributed by atoms with Crippen LogP contribution in [0.2, 0.25) is 5.02 Å². The minimum Gasteiger partial charge on any atom is -0.350 e. The van der Waals surface area contributed by atoms with E-state index in [1.165, 1.54) is 10.8 Å². The molecule has 2 rings (SSSR count). The zero-order valence-corrected chi connectivity index (χ0v) is 14.1. The fraction of sp³-hybridized carbons (Fsp3) is 0.353. The number of hydrogen-bond acceptors (Lipinski definition) is 3. The number of nitrogens with one attached hydrogen (secondary N) is 1. The fourth-order valence-electron chi connectivity index (χ4n) is 2.23. The molecule has 0 fully saturated rings. The van der Waals surface area contributed by atoms with Crippen molar-refractivity contribution in [3.05, 3.63) is 41.7 Å². The summed E-state index contributed by atoms with van der Waals surface area (Å²) in [6.07, 6.45) is 7.58. The van der Waals surface area contributed by atoms with Crippen LogP contribution in [0.1, 0.15) is 33.1 Å². The van der Waals surface area contributed by atoms with Gasteiger partial charge in [0.25, 0.3) is 0 Å². The van der Waals surface area contributed by atoms with Crippen LogP contribution in [-0.4, -0.2) is 26.7 Å². The molecule has 2 aromatic rings. The van der Waals surface area contributed by atoms with Crippen LogP contribution in [0.4, 0.5) is 0 Å². The van der Waals surface area contributed by atoms with E-state index < -0.39 is 0 Å². The third-order valence-electron chi connectivity index (χ3n) is 3.45. The molecule has 0 bridgehead atoms. The van der Waals surface area contributed by atoms with Crippen molar-refractivity contribution in [3.8, 4) is 11.4 Å². The van der Waals surface area contributed by atoms with Crippen molar-refractivity contribution in [1.29, 1.82) is 0 Å². The highest BCUT2D eigenvalue weighted by Gasteiger charge is 2.07. The first-order chi connectivity index (χ1) is 11.1. The number of nitrogens with zero attached hydrogens (tertiary/aromatic N) is 3. The van der Waals surface area contributed by atoms with Gasteiger partial charge in [-0.25, -0.2) is 9.67 Å². The van der Waals surface area contributed by atoms with Crippen LogP contribution in [-0.2, 0) is 4.79 Å². The van der Waals surface area contributed by atoms with E-state index in [0.29, 0.717) is 10.8 Å². The lowest BCUT2D eigenvalue weighted by Crippen LogP contribution is -2.32. The third-order valence-corrected chi connectivity index (χ3v) is 3.68. The van der Waals surface area contributed by atoms with E-state index in [9.17, 15) is 4.79 Å². The molecular formula is C17H21ClN4O. The number of aromatic nitrogens is 3. The van der Waals surface area contributed by atoms with Gasteiger partial charge in [-0.05, 0) is 25.0 Å². The standard InChI is InChI=1S/C17H21ClN4O/c1-3-6-15(4-2)20-16(23)9-10-22-12-19-17(21-22)13-7-5-8-14(18)11-13/h5,7-12,15H,3-4,6H2,1-2H3,(H,20,23)/b10-9-. The first kappa shape index (κ1) is 17.2. The number of carbonyl (C=O) groups excluding carboxylic acids is 1. The van der Waals surface area contributed by atoms with E-state index >= 15 is 0 Å². The normalized spacial score (nSPS) is 12.5. The molecule has 1 N–H and O–H groups in total. The number of benzene rings is 1. The van der Waals surface area contributed by atoms with Crippen molar-refractivity contribution in [3.63, 3.8) is 0 Å². The van der Waals surface area contributed by atoms with Gasteiger partial charge in [0, 0.05) is 28.9 Å². The Morgan fingerprint density at radius 2 is 2.26 bits per heavy atom. The average Bonchev–Trinajstić information content (AvgIpc) is 3.01. The molecule has 1 heterocycles. The van der Waals surface area contributed by atoms with Crippen molar-refractivity contribution in [2.45, 2.75) is 39.2 Å². The predicted molar refractivity (Wildman–Crippen MR) is 92.9 cm³/mol. The van der Waals surface area contributed by atoms with Crippen LogP contribution in [0.15, 0.2) is 36.7 Å². The summed E-state index contributed by atoms with van der Waals surface area (Å²) in [5.41, 5.74) is 0.836. The Balaban J connectivity index is 1.99. The SMILES string of the molecule is CCCC(CC)NC(=O)/C=C\n1cnc(-c2cccc(Cl)c2)n1. The van der Waals surface area contributed by atoms with Gasteiger partial charge in [-0.3, -0.25) is 4.79 Å². The van der Waals surface area contributed by atoms with Gasteiger partial charge in [-0.2, -0.15) is 0 Å². The second-order valence-corrected chi connectivity index (χ2v) is 5.71. The summed E-state index contributed by atoms with van der Waals surface area (Å²) in [6.45, 7) is 4.18. The molecule has 1 unspecified atom stereocenters. The lowest BCUT2D eigenvalue weighted by Gasteiger charge is -2.14. The number of hydrogen-bond donors (Lipinski definition) is 1. The second kappa shape index (κ2) is 8.48. The summed E-state index contributed by atoms with van der Waals surface area (Å²) in [7, 11) is 0. The summed E-state index contributed by atoms with van der Waals surface area (Å²) in [4.78, 5) is 16.1. The molecule has 23 heavy (non-hydrogen) atoms. The maximum atomic E-state index is 11.9. The Hall–Kier alpha value is -2.14. The maximum Gasteiger partial charge on any atom is 0.245 e. The van der Waals surface area contributed by atoms with Gasteiger partial charge in [0.15, 0.2) is 5.82 Å². The Kier molecular flexibility index (Phi) is 6.35. The van der Waals surface area contributed by atoms with Crippen LogP contribution in [0.3, 0.4) is 0 Å². The summed E-state index contributed by atoms with van der Waals surface area (Å²) in [5, 5.41) is 7.92. The average molecular weight is 333 g/mol. The Bertz CT molecular complexity index is 681. The van der Waals surface area contributed by atoms with E-state index in [2.05, 4.69) is 29.2 Å². The molecule has 0 aliphatic heterocycles. The van der Waals surface area contributed by atoms with Gasteiger partial charge in [-0.1, -0.05) is 44.0 Å². The molecule has 0 aliphatic carbocycles. The molecular weight excluding hydrogens is 312 g/mol. The van der Waals surface area contributed by atoms with Gasteiger partial charge in [0.1, 0.15) is 6.33 Å². The molecule has 1 amide bonds. The molecule has 0 saturated carbocycles. The lowest BCUT2D eigenvalue weighted by molar-refractivity contribution is -0.117. The predicted octanol–water partition coefficient (Wildman–Crippen LogP) is 3.76. The van der Waals surface area contributed by atoms with Crippen molar-refractivity contribution in [1.82, 2.24) is 20.1 Å². The molecule has 122 valence electrons. The van der Waals surface area contributed by atoms with E-state index in [1.807, 2.05) is 12.1 Å². The minimum atomic E-state index is -0.120. The summed E-state index contributed by atoms with van der Waals surface area (Å²) in [5.74, 6) is 0.445. The number of carbonyl (C=O) groups is 1. The van der Waals surface area contributed by atoms with E-state index in [4.69, 9.17) is 11.6 Å². The highest BCUT2D eigenvalue weighted by Crippen LogP contribution is 2.18. The minimum absolute atomic E-state index is 0.120. The summed E-state index contributed by atoms with van der Waals surface area (Å²) in [6, 6.07) is 7.55. The molecule has 1 aromatic carbocycles. The highest BCUT2D eigenvalue weighted by molar-refractivity contribution is 6.30. The van der Waals surface area contributed by atoms with Crippen molar-refractivity contribution in [2.24, 2.45) is 0 Å². The molecule has 0 aliphatic rings. The largest absolute Gasteiger partial charge is 0.350 e. The van der Waals surface area contributed by atoms with Crippen molar-refractivity contribution < 1.29 is 4.79 Å². The van der Waals surface area contributed by atoms with Crippen molar-refractivity contribution in [2.75, 3.05) is 0 Å². The monoisotopic (exact) mass is 332 g/mol. The zero-order valence-electron chi connectivity index (χ0n) is 13.4. The second-order valence-electron chi connectivity index (χ2n) is 5.28. The van der Waals surface area contributed by atoms with Gasteiger partial charge in [0.2, 0.25) is 5.91 Å². The Labute approximate surface area is 141 Å². The maximum absolute atomic E-state index is 11.9. The van der Waals surface area contributed by atoms with Crippen LogP contribution in [0.25, 0.3) is 17.6 Å². The quantitative estimate of drug-likeness (QED) is 0.785. The van der Waals surface area contributed by atoms with Crippen LogP contribution < -0.4 is 5.32 Å². The molecule has 0 radical (unpaired) electrons. The fourth-order valence-corrected chi connectivity index (χ4v) is 2.42. The molecule has 6 heteroatoms. The zero-order chi connectivity index (χ0) is 16.7. The molecule has 1 atom stereocenters. The molecule has 1 aromatic heterocycles. The van der Waals surface area contributed by atoms with E-state index in [-0.39, 0.29) is 11.9 Å². The summed E-state index contributed by atoms with van der Waals surface area (Å²) >= 11 is 5.96. The molecule has 0 spiro atoms. The van der Waals surface area contributed by atoms with E-state index in [0.717, 1.165) is 24.8 Å². The molecule has 5 nitrogen and oxygen atoms in total. The van der Waals surface area contributed by atoms with Crippen LogP contribution in [0, 0.1) is 0 Å². The Morgan fingerprint density at radius 3 is 2.96 bits per heavy atom. The summed E-state index contributed by atoms with van der Waals surface area (Å²) < 4.78 is 1.51. The first-order valence-electron chi connectivity index (χ1n) is 7.78. The van der Waals surface area contributed by atoms with Gasteiger partial charge in [-0.15, -0.1) is 5.10 Å². The molecule has 0 saturated heterocycles. The smallest absolute Gasteiger partial charge is 0.245 e. The first-order valence-corrected chi connectivity index (χ1v) is 8.16. The highest BCUT2D eigenvalue weighted by atomic mass is 35.5. The number of halogens is 1. The van der Waals surface area contributed by atoms with Crippen LogP contribution >= 0.6 is 11.6 Å².